The summed E-state index contributed by atoms with van der Waals surface area (Å²) in [5, 5.41) is 20.3. The van der Waals surface area contributed by atoms with Crippen LogP contribution in [-0.2, 0) is 33.6 Å². The van der Waals surface area contributed by atoms with Crippen LogP contribution < -0.4 is 0 Å². The zero-order chi connectivity index (χ0) is 16.1. The lowest BCUT2D eigenvalue weighted by molar-refractivity contribution is -0.108. The van der Waals surface area contributed by atoms with E-state index in [-0.39, 0.29) is 34.1 Å². The smallest absolute Gasteiger partial charge is 0.200 e. The first-order chi connectivity index (χ1) is 10.6. The predicted octanol–water partition coefficient (Wildman–Crippen LogP) is 1.75. The lowest BCUT2D eigenvalue weighted by atomic mass is 10.1. The number of rotatable bonds is 6. The molecule has 0 saturated carbocycles. The molecule has 2 N–H and O–H groups in total. The molecule has 2 aromatic carbocycles. The zero-order valence-corrected chi connectivity index (χ0v) is 12.4. The van der Waals surface area contributed by atoms with Crippen molar-refractivity contribution in [1.29, 1.82) is 0 Å². The van der Waals surface area contributed by atoms with E-state index in [0.29, 0.717) is 23.7 Å². The quantitative estimate of drug-likeness (QED) is 0.624. The number of benzene rings is 2. The Morgan fingerprint density at radius 2 is 1.27 bits per heavy atom. The average molecular weight is 318 g/mol. The van der Waals surface area contributed by atoms with E-state index in [2.05, 4.69) is 0 Å². The summed E-state index contributed by atoms with van der Waals surface area (Å²) in [6.45, 7) is 0. The zero-order valence-electron chi connectivity index (χ0n) is 11.6. The van der Waals surface area contributed by atoms with Gasteiger partial charge in [-0.1, -0.05) is 24.3 Å². The maximum absolute atomic E-state index is 12.6. The number of phenols is 2. The molecule has 0 radical (unpaired) electrons. The van der Waals surface area contributed by atoms with Gasteiger partial charge < -0.3 is 24.4 Å². The van der Waals surface area contributed by atoms with Crippen LogP contribution in [0.3, 0.4) is 0 Å². The summed E-state index contributed by atoms with van der Waals surface area (Å²) >= 11 is -1.83. The summed E-state index contributed by atoms with van der Waals surface area (Å²) in [5.74, 6) is -0.457. The third-order valence-electron chi connectivity index (χ3n) is 3.17. The van der Waals surface area contributed by atoms with Crippen molar-refractivity contribution in [1.82, 2.24) is 0 Å². The van der Waals surface area contributed by atoms with E-state index in [1.807, 2.05) is 0 Å². The van der Waals surface area contributed by atoms with Crippen LogP contribution in [0.4, 0.5) is 0 Å². The molecule has 0 unspecified atom stereocenters. The van der Waals surface area contributed by atoms with Crippen molar-refractivity contribution in [2.24, 2.45) is 0 Å². The highest BCUT2D eigenvalue weighted by Gasteiger charge is 2.25. The highest BCUT2D eigenvalue weighted by molar-refractivity contribution is 7.91. The molecule has 114 valence electrons. The summed E-state index contributed by atoms with van der Waals surface area (Å²) in [6.07, 6.45) is 1.30. The topological polar surface area (TPSA) is 97.7 Å². The van der Waals surface area contributed by atoms with Crippen LogP contribution in [0, 0.1) is 0 Å². The van der Waals surface area contributed by atoms with Gasteiger partial charge in [0.05, 0.1) is 0 Å². The van der Waals surface area contributed by atoms with Gasteiger partial charge in [-0.05, 0) is 12.1 Å². The first-order valence-electron chi connectivity index (χ1n) is 6.51. The molecule has 2 aromatic rings. The Kier molecular flexibility index (Phi) is 5.19. The van der Waals surface area contributed by atoms with Crippen molar-refractivity contribution in [2.75, 3.05) is 0 Å². The number of carbonyl (C=O) groups excluding carboxylic acids is 2. The van der Waals surface area contributed by atoms with Gasteiger partial charge in [0.15, 0.2) is 11.5 Å². The summed E-state index contributed by atoms with van der Waals surface area (Å²) < 4.78 is 12.6. The average Bonchev–Trinajstić information content (AvgIpc) is 2.51. The van der Waals surface area contributed by atoms with Crippen molar-refractivity contribution < 1.29 is 24.4 Å². The van der Waals surface area contributed by atoms with Crippen LogP contribution in [0.25, 0.3) is 0 Å². The molecule has 0 aromatic heterocycles. The van der Waals surface area contributed by atoms with Crippen LogP contribution >= 0.6 is 0 Å². The highest BCUT2D eigenvalue weighted by Crippen LogP contribution is 2.36. The summed E-state index contributed by atoms with van der Waals surface area (Å²) in [6, 6.07) is 9.22. The largest absolute Gasteiger partial charge is 0.606 e. The van der Waals surface area contributed by atoms with Gasteiger partial charge in [-0.2, -0.15) is 0 Å². The molecule has 0 amide bonds. The van der Waals surface area contributed by atoms with Gasteiger partial charge in [-0.25, -0.2) is 0 Å². The fourth-order valence-corrected chi connectivity index (χ4v) is 3.32. The van der Waals surface area contributed by atoms with E-state index >= 15 is 0 Å². The molecule has 0 spiro atoms. The second-order valence-corrected chi connectivity index (χ2v) is 5.96. The second-order valence-electron chi connectivity index (χ2n) is 4.54. The van der Waals surface area contributed by atoms with Gasteiger partial charge >= 0.3 is 0 Å². The Balaban J connectivity index is 2.46. The van der Waals surface area contributed by atoms with Crippen LogP contribution in [0.15, 0.2) is 46.2 Å². The lowest BCUT2D eigenvalue weighted by Crippen LogP contribution is -2.05. The highest BCUT2D eigenvalue weighted by atomic mass is 32.2. The molecule has 0 aliphatic rings. The molecule has 0 bridgehead atoms. The summed E-state index contributed by atoms with van der Waals surface area (Å²) in [4.78, 5) is 21.4. The van der Waals surface area contributed by atoms with Gasteiger partial charge in [-0.3, -0.25) is 0 Å². The van der Waals surface area contributed by atoms with E-state index in [9.17, 15) is 24.4 Å². The Labute approximate surface area is 130 Å². The third kappa shape index (κ3) is 3.13. The van der Waals surface area contributed by atoms with Crippen LogP contribution in [0.2, 0.25) is 0 Å². The molecule has 6 heteroatoms. The number of aromatic hydroxyl groups is 2. The predicted molar refractivity (Wildman–Crippen MR) is 80.4 cm³/mol. The standard InChI is InChI=1S/C16H14O5S/c17-9-7-11-3-1-5-13(15(11)19)22(21)14-6-2-4-12(8-10-18)16(14)20/h1-6,9-10,19-20H,7-8H2. The molecular formula is C16H14O5S. The Morgan fingerprint density at radius 3 is 1.64 bits per heavy atom. The molecule has 2 rings (SSSR count). The minimum Gasteiger partial charge on any atom is -0.606 e. The van der Waals surface area contributed by atoms with Crippen LogP contribution in [0.5, 0.6) is 11.5 Å². The molecule has 5 nitrogen and oxygen atoms in total. The van der Waals surface area contributed by atoms with Gasteiger partial charge in [0.1, 0.15) is 12.6 Å². The first kappa shape index (κ1) is 16.1. The van der Waals surface area contributed by atoms with Crippen molar-refractivity contribution in [2.45, 2.75) is 22.6 Å². The number of phenolic OH excluding ortho intramolecular Hbond substituents is 2. The Hall–Kier alpha value is -2.31. The number of para-hydroxylation sites is 2. The summed E-state index contributed by atoms with van der Waals surface area (Å²) in [5.41, 5.74) is 0.730. The van der Waals surface area contributed by atoms with Gasteiger partial charge in [0.25, 0.3) is 0 Å². The summed E-state index contributed by atoms with van der Waals surface area (Å²) in [7, 11) is 0. The second kappa shape index (κ2) is 7.11. The molecule has 0 aliphatic heterocycles. The molecular weight excluding hydrogens is 304 g/mol. The first-order valence-corrected chi connectivity index (χ1v) is 7.66. The van der Waals surface area contributed by atoms with E-state index in [0.717, 1.165) is 0 Å². The number of hydrogen-bond acceptors (Lipinski definition) is 5. The lowest BCUT2D eigenvalue weighted by Gasteiger charge is -2.14. The van der Waals surface area contributed by atoms with Gasteiger partial charge in [0, 0.05) is 35.1 Å². The molecule has 0 atom stereocenters. The molecule has 0 saturated heterocycles. The Morgan fingerprint density at radius 1 is 0.864 bits per heavy atom. The monoisotopic (exact) mass is 318 g/mol. The maximum Gasteiger partial charge on any atom is 0.200 e. The van der Waals surface area contributed by atoms with Gasteiger partial charge in [0.2, 0.25) is 9.79 Å². The van der Waals surface area contributed by atoms with Crippen LogP contribution in [-0.4, -0.2) is 27.3 Å². The van der Waals surface area contributed by atoms with E-state index in [1.165, 1.54) is 12.1 Å². The van der Waals surface area contributed by atoms with Gasteiger partial charge in [-0.15, -0.1) is 0 Å². The van der Waals surface area contributed by atoms with Crippen molar-refractivity contribution in [3.05, 3.63) is 47.5 Å². The molecule has 0 heterocycles. The third-order valence-corrected chi connectivity index (χ3v) is 4.63. The van der Waals surface area contributed by atoms with E-state index < -0.39 is 11.2 Å². The molecule has 22 heavy (non-hydrogen) atoms. The Bertz CT molecular complexity index is 639. The fraction of sp³-hybridized carbons (Fsp3) is 0.125. The SMILES string of the molecule is O=CCc1cccc([S+]([O-])c2cccc(CC=O)c2O)c1O. The molecule has 0 fully saturated rings. The van der Waals surface area contributed by atoms with E-state index in [4.69, 9.17) is 0 Å². The van der Waals surface area contributed by atoms with Crippen molar-refractivity contribution in [3.63, 3.8) is 0 Å². The fourth-order valence-electron chi connectivity index (χ4n) is 2.06. The minimum absolute atomic E-state index is 0.00797. The maximum atomic E-state index is 12.6. The van der Waals surface area contributed by atoms with E-state index in [1.54, 1.807) is 24.3 Å². The molecule has 0 aliphatic carbocycles. The van der Waals surface area contributed by atoms with Crippen LogP contribution in [0.1, 0.15) is 11.1 Å². The number of carbonyl (C=O) groups is 2. The number of aldehydes is 2. The minimum atomic E-state index is -1.83. The van der Waals surface area contributed by atoms with Crippen molar-refractivity contribution in [3.8, 4) is 11.5 Å². The normalized spacial score (nSPS) is 10.6. The van der Waals surface area contributed by atoms with Crippen molar-refractivity contribution >= 4 is 23.7 Å². The number of hydrogen-bond donors (Lipinski definition) is 2.